The molecule has 186 valence electrons. The Morgan fingerprint density at radius 1 is 0.875 bits per heavy atom. The van der Waals surface area contributed by atoms with E-state index in [4.69, 9.17) is 24.1 Å². The molecule has 2 fully saturated rings. The van der Waals surface area contributed by atoms with Crippen LogP contribution < -0.4 is 0 Å². The van der Waals surface area contributed by atoms with Gasteiger partial charge in [0.2, 0.25) is 5.79 Å². The molecule has 0 spiro atoms. The molecule has 0 aromatic rings. The second-order valence-electron chi connectivity index (χ2n) is 7.25. The number of hydrogen-bond donors (Lipinski definition) is 10. The second-order valence-corrected chi connectivity index (χ2v) is 7.25. The van der Waals surface area contributed by atoms with Crippen molar-refractivity contribution >= 4 is 11.9 Å². The van der Waals surface area contributed by atoms with Gasteiger partial charge in [-0.15, -0.1) is 0 Å². The number of ether oxygens (including phenoxy) is 4. The van der Waals surface area contributed by atoms with E-state index in [1.54, 1.807) is 0 Å². The predicted molar refractivity (Wildman–Crippen MR) is 91.9 cm³/mol. The average Bonchev–Trinajstić information content (AvgIpc) is 2.99. The van der Waals surface area contributed by atoms with Crippen molar-refractivity contribution in [3.8, 4) is 0 Å². The molecule has 16 heteroatoms. The van der Waals surface area contributed by atoms with Crippen LogP contribution in [0.1, 0.15) is 6.42 Å². The first-order valence-electron chi connectivity index (χ1n) is 9.29. The van der Waals surface area contributed by atoms with Crippen LogP contribution in [-0.4, -0.2) is 143 Å². The molecule has 0 aromatic heterocycles. The second kappa shape index (κ2) is 10.2. The normalized spacial score (nSPS) is 43.1. The van der Waals surface area contributed by atoms with Crippen LogP contribution in [0, 0.1) is 0 Å². The first kappa shape index (κ1) is 26.7. The van der Waals surface area contributed by atoms with Crippen molar-refractivity contribution in [1.29, 1.82) is 0 Å². The molecular formula is C16H26O16. The highest BCUT2D eigenvalue weighted by Gasteiger charge is 2.65. The highest BCUT2D eigenvalue weighted by Crippen LogP contribution is 2.41. The van der Waals surface area contributed by atoms with Crippen LogP contribution in [0.5, 0.6) is 0 Å². The van der Waals surface area contributed by atoms with Gasteiger partial charge < -0.3 is 65.3 Å². The van der Waals surface area contributed by atoms with Gasteiger partial charge in [-0.25, -0.2) is 4.79 Å². The van der Waals surface area contributed by atoms with E-state index in [1.165, 1.54) is 0 Å². The third-order valence-corrected chi connectivity index (χ3v) is 5.03. The minimum Gasteiger partial charge on any atom is -0.479 e. The van der Waals surface area contributed by atoms with Crippen LogP contribution >= 0.6 is 0 Å². The summed E-state index contributed by atoms with van der Waals surface area (Å²) in [6.07, 6.45) is -17.5. The average molecular weight is 474 g/mol. The van der Waals surface area contributed by atoms with Crippen LogP contribution in [0.3, 0.4) is 0 Å². The summed E-state index contributed by atoms with van der Waals surface area (Å²) < 4.78 is 20.3. The smallest absolute Gasteiger partial charge is 0.362 e. The minimum atomic E-state index is -3.27. The molecule has 0 radical (unpaired) electrons. The van der Waals surface area contributed by atoms with Crippen molar-refractivity contribution in [2.75, 3.05) is 19.8 Å². The SMILES string of the molecule is O=C(CC(O)C(=O)O)O[C@@]1(OC2(CO)O[C@H](CO)[C@@H](O)[C@@H]2O)O[C@H](CO)[C@@H](O)[C@H](O)[C@H]1O. The fraction of sp³-hybridized carbons (Fsp3) is 0.875. The Morgan fingerprint density at radius 3 is 1.91 bits per heavy atom. The molecule has 10 N–H and O–H groups in total. The fourth-order valence-corrected chi connectivity index (χ4v) is 3.24. The highest BCUT2D eigenvalue weighted by molar-refractivity contribution is 5.80. The summed E-state index contributed by atoms with van der Waals surface area (Å²) in [5, 5.41) is 97.4. The van der Waals surface area contributed by atoms with Crippen LogP contribution in [0.15, 0.2) is 0 Å². The third-order valence-electron chi connectivity index (χ3n) is 5.03. The van der Waals surface area contributed by atoms with E-state index in [9.17, 15) is 55.5 Å². The lowest BCUT2D eigenvalue weighted by Gasteiger charge is -2.49. The van der Waals surface area contributed by atoms with Gasteiger partial charge in [-0.1, -0.05) is 0 Å². The number of carbonyl (C=O) groups is 2. The zero-order valence-corrected chi connectivity index (χ0v) is 16.4. The fourth-order valence-electron chi connectivity index (χ4n) is 3.24. The molecule has 10 atom stereocenters. The van der Waals surface area contributed by atoms with Gasteiger partial charge in [0.15, 0.2) is 12.2 Å². The van der Waals surface area contributed by atoms with Gasteiger partial charge in [0.1, 0.15) is 43.2 Å². The van der Waals surface area contributed by atoms with Gasteiger partial charge in [-0.2, -0.15) is 0 Å². The summed E-state index contributed by atoms with van der Waals surface area (Å²) in [6.45, 7) is -3.23. The largest absolute Gasteiger partial charge is 0.479 e. The van der Waals surface area contributed by atoms with Crippen LogP contribution in [0.2, 0.25) is 0 Å². The Hall–Kier alpha value is -1.54. The molecule has 2 aliphatic rings. The lowest BCUT2D eigenvalue weighted by Crippen LogP contribution is -2.70. The molecule has 0 amide bonds. The highest BCUT2D eigenvalue weighted by atomic mass is 16.9. The minimum absolute atomic E-state index is 0.884. The number of aliphatic hydroxyl groups excluding tert-OH is 9. The third kappa shape index (κ3) is 4.86. The molecule has 2 aliphatic heterocycles. The Bertz CT molecular complexity index is 672. The number of carboxylic acids is 1. The molecule has 16 nitrogen and oxygen atoms in total. The van der Waals surface area contributed by atoms with E-state index in [2.05, 4.69) is 0 Å². The lowest BCUT2D eigenvalue weighted by molar-refractivity contribution is -0.498. The molecule has 2 unspecified atom stereocenters. The van der Waals surface area contributed by atoms with Crippen LogP contribution in [0.4, 0.5) is 0 Å². The molecular weight excluding hydrogens is 448 g/mol. The van der Waals surface area contributed by atoms with Gasteiger partial charge in [-0.05, 0) is 0 Å². The maximum absolute atomic E-state index is 12.2. The molecule has 0 aromatic carbocycles. The van der Waals surface area contributed by atoms with Crippen molar-refractivity contribution in [2.24, 2.45) is 0 Å². The summed E-state index contributed by atoms with van der Waals surface area (Å²) in [6, 6.07) is 0. The standard InChI is InChI=1S/C16H26O16/c17-2-6-9(22)11(24)13(26)16(30-6,31-8(21)1-5(20)14(27)28)32-15(4-19)12(25)10(23)7(3-18)29-15/h5-7,9-13,17-20,22-26H,1-4H2,(H,27,28)/t5?,6-,7-,9-,10-,11+,12+,13-,15?,16+/m1/s1. The molecule has 32 heavy (non-hydrogen) atoms. The number of hydrogen-bond acceptors (Lipinski definition) is 15. The van der Waals surface area contributed by atoms with E-state index in [0.29, 0.717) is 0 Å². The van der Waals surface area contributed by atoms with E-state index in [-0.39, 0.29) is 0 Å². The summed E-state index contributed by atoms with van der Waals surface area (Å²) in [4.78, 5) is 23.0. The maximum atomic E-state index is 12.2. The quantitative estimate of drug-likeness (QED) is 0.110. The number of aliphatic hydroxyl groups is 9. The summed E-state index contributed by atoms with van der Waals surface area (Å²) in [5.41, 5.74) is 0. The van der Waals surface area contributed by atoms with E-state index in [1.807, 2.05) is 0 Å². The van der Waals surface area contributed by atoms with E-state index < -0.39 is 98.8 Å². The molecule has 2 heterocycles. The summed E-state index contributed by atoms with van der Waals surface area (Å²) in [5.74, 6) is -9.43. The molecule has 0 bridgehead atoms. The predicted octanol–water partition coefficient (Wildman–Crippen LogP) is -6.69. The van der Waals surface area contributed by atoms with Crippen molar-refractivity contribution in [1.82, 2.24) is 0 Å². The van der Waals surface area contributed by atoms with Crippen molar-refractivity contribution in [2.45, 2.75) is 67.0 Å². The van der Waals surface area contributed by atoms with Gasteiger partial charge in [0.05, 0.1) is 19.6 Å². The number of aliphatic carboxylic acids is 1. The van der Waals surface area contributed by atoms with Crippen molar-refractivity contribution in [3.05, 3.63) is 0 Å². The van der Waals surface area contributed by atoms with Gasteiger partial charge in [-0.3, -0.25) is 9.53 Å². The van der Waals surface area contributed by atoms with E-state index >= 15 is 0 Å². The maximum Gasteiger partial charge on any atom is 0.362 e. The topological polar surface area (TPSA) is 273 Å². The lowest BCUT2D eigenvalue weighted by atomic mass is 9.97. The first-order chi connectivity index (χ1) is 14.9. The molecule has 2 saturated heterocycles. The number of carboxylic acid groups (broad SMARTS) is 1. The first-order valence-corrected chi connectivity index (χ1v) is 9.29. The van der Waals surface area contributed by atoms with E-state index in [0.717, 1.165) is 0 Å². The van der Waals surface area contributed by atoms with Gasteiger partial charge in [0, 0.05) is 0 Å². The molecule has 2 rings (SSSR count). The van der Waals surface area contributed by atoms with Crippen LogP contribution in [0.25, 0.3) is 0 Å². The molecule has 0 aliphatic carbocycles. The zero-order chi connectivity index (χ0) is 24.4. The molecule has 0 saturated carbocycles. The number of rotatable bonds is 9. The van der Waals surface area contributed by atoms with Crippen molar-refractivity contribution < 1.29 is 79.6 Å². The number of carbonyl (C=O) groups excluding carboxylic acids is 1. The van der Waals surface area contributed by atoms with Gasteiger partial charge in [0.25, 0.3) is 0 Å². The Labute approximate surface area is 179 Å². The van der Waals surface area contributed by atoms with Crippen LogP contribution in [-0.2, 0) is 28.5 Å². The Balaban J connectivity index is 2.46. The summed E-state index contributed by atoms with van der Waals surface area (Å²) in [7, 11) is 0. The van der Waals surface area contributed by atoms with Gasteiger partial charge >= 0.3 is 17.9 Å². The zero-order valence-electron chi connectivity index (χ0n) is 16.4. The van der Waals surface area contributed by atoms with Crippen molar-refractivity contribution in [3.63, 3.8) is 0 Å². The Kier molecular flexibility index (Phi) is 8.48. The summed E-state index contributed by atoms with van der Waals surface area (Å²) >= 11 is 0. The number of esters is 1. The monoisotopic (exact) mass is 474 g/mol. The Morgan fingerprint density at radius 2 is 1.44 bits per heavy atom.